The fourth-order valence-corrected chi connectivity index (χ4v) is 3.86. The Balaban J connectivity index is 2.09. The normalized spacial score (nSPS) is 21.1. The second kappa shape index (κ2) is 4.81. The summed E-state index contributed by atoms with van der Waals surface area (Å²) < 4.78 is 22.5. The molecule has 1 aromatic heterocycles. The van der Waals surface area contributed by atoms with Gasteiger partial charge in [-0.25, -0.2) is 13.4 Å². The van der Waals surface area contributed by atoms with E-state index in [1.54, 1.807) is 6.92 Å². The molecule has 0 bridgehead atoms. The Morgan fingerprint density at radius 3 is 2.83 bits per heavy atom. The van der Waals surface area contributed by atoms with E-state index in [1.807, 2.05) is 6.92 Å². The topological polar surface area (TPSA) is 76.1 Å². The molecule has 0 saturated heterocycles. The summed E-state index contributed by atoms with van der Waals surface area (Å²) in [6.45, 7) is 3.76. The van der Waals surface area contributed by atoms with Crippen LogP contribution >= 0.6 is 11.3 Å². The van der Waals surface area contributed by atoms with Gasteiger partial charge in [-0.15, -0.1) is 11.3 Å². The minimum Gasteiger partial charge on any atom is -0.344 e. The molecular weight excluding hydrogens is 272 g/mol. The van der Waals surface area contributed by atoms with E-state index in [0.717, 1.165) is 16.8 Å². The van der Waals surface area contributed by atoms with Crippen LogP contribution in [0.3, 0.4) is 0 Å². The first-order chi connectivity index (χ1) is 8.41. The average molecular weight is 286 g/mol. The van der Waals surface area contributed by atoms with Crippen molar-refractivity contribution in [2.75, 3.05) is 5.75 Å². The Kier molecular flexibility index (Phi) is 3.54. The van der Waals surface area contributed by atoms with E-state index in [4.69, 9.17) is 0 Å². The number of nitrogens with one attached hydrogen (secondary N) is 1. The van der Waals surface area contributed by atoms with E-state index in [9.17, 15) is 13.2 Å². The van der Waals surface area contributed by atoms with E-state index in [1.165, 1.54) is 17.4 Å². The lowest BCUT2D eigenvalue weighted by atomic mass is 10.3. The molecule has 0 unspecified atom stereocenters. The van der Waals surface area contributed by atoms with Crippen LogP contribution in [-0.2, 0) is 16.3 Å². The largest absolute Gasteiger partial charge is 0.344 e. The number of carbonyl (C=O) groups excluding carboxylic acids is 1. The van der Waals surface area contributed by atoms with Gasteiger partial charge in [0.1, 0.15) is 4.88 Å². The summed E-state index contributed by atoms with van der Waals surface area (Å²) in [5, 5.41) is 4.75. The summed E-state index contributed by atoms with van der Waals surface area (Å²) in [6, 6.07) is -0.436. The molecule has 5 nitrogen and oxygen atoms in total. The molecule has 0 aromatic carbocycles. The zero-order chi connectivity index (χ0) is 13.3. The molecule has 98 valence electrons. The van der Waals surface area contributed by atoms with Crippen molar-refractivity contribution in [1.82, 2.24) is 10.3 Å². The summed E-state index contributed by atoms with van der Waals surface area (Å²) in [6.07, 6.45) is 2.29. The SMILES string of the molecule is CCc1nc(C)c(C(=O)N[C@H]2C=CS(=O)(=O)C2)s1. The second-order valence-corrected chi connectivity index (χ2v) is 7.13. The van der Waals surface area contributed by atoms with E-state index in [2.05, 4.69) is 10.3 Å². The van der Waals surface area contributed by atoms with Gasteiger partial charge in [0.2, 0.25) is 0 Å². The third-order valence-electron chi connectivity index (χ3n) is 2.60. The molecule has 1 atom stereocenters. The monoisotopic (exact) mass is 286 g/mol. The number of rotatable bonds is 3. The highest BCUT2D eigenvalue weighted by atomic mass is 32.2. The number of thiazole rings is 1. The number of hydrogen-bond acceptors (Lipinski definition) is 5. The maximum Gasteiger partial charge on any atom is 0.263 e. The van der Waals surface area contributed by atoms with Crippen molar-refractivity contribution in [3.63, 3.8) is 0 Å². The summed E-state index contributed by atoms with van der Waals surface area (Å²) in [4.78, 5) is 16.8. The lowest BCUT2D eigenvalue weighted by Crippen LogP contribution is -2.35. The first-order valence-corrected chi connectivity index (χ1v) is 8.12. The molecule has 0 fully saturated rings. The summed E-state index contributed by atoms with van der Waals surface area (Å²) >= 11 is 1.35. The van der Waals surface area contributed by atoms with E-state index in [0.29, 0.717) is 10.6 Å². The van der Waals surface area contributed by atoms with Gasteiger partial charge in [-0.3, -0.25) is 4.79 Å². The summed E-state index contributed by atoms with van der Waals surface area (Å²) in [7, 11) is -3.14. The van der Waals surface area contributed by atoms with Crippen LogP contribution in [0.4, 0.5) is 0 Å². The molecule has 2 heterocycles. The molecule has 7 heteroatoms. The van der Waals surface area contributed by atoms with Crippen LogP contribution in [0.25, 0.3) is 0 Å². The minimum absolute atomic E-state index is 0.0583. The van der Waals surface area contributed by atoms with Crippen molar-refractivity contribution < 1.29 is 13.2 Å². The van der Waals surface area contributed by atoms with Gasteiger partial charge in [-0.05, 0) is 19.4 Å². The molecule has 0 aliphatic carbocycles. The lowest BCUT2D eigenvalue weighted by molar-refractivity contribution is 0.0951. The number of nitrogens with zero attached hydrogens (tertiary/aromatic N) is 1. The van der Waals surface area contributed by atoms with Gasteiger partial charge in [0, 0.05) is 5.41 Å². The maximum absolute atomic E-state index is 12.0. The zero-order valence-electron chi connectivity index (χ0n) is 10.1. The molecule has 1 amide bonds. The highest BCUT2D eigenvalue weighted by Gasteiger charge is 2.24. The number of aryl methyl sites for hydroxylation is 2. The van der Waals surface area contributed by atoms with Crippen LogP contribution < -0.4 is 5.32 Å². The number of aromatic nitrogens is 1. The van der Waals surface area contributed by atoms with Crippen molar-refractivity contribution in [2.45, 2.75) is 26.3 Å². The average Bonchev–Trinajstić information content (AvgIpc) is 2.81. The molecule has 2 rings (SSSR count). The molecule has 1 aliphatic rings. The van der Waals surface area contributed by atoms with Gasteiger partial charge < -0.3 is 5.32 Å². The van der Waals surface area contributed by atoms with Crippen molar-refractivity contribution >= 4 is 27.1 Å². The highest BCUT2D eigenvalue weighted by Crippen LogP contribution is 2.19. The van der Waals surface area contributed by atoms with Crippen molar-refractivity contribution in [3.05, 3.63) is 27.1 Å². The highest BCUT2D eigenvalue weighted by molar-refractivity contribution is 7.94. The molecule has 0 radical (unpaired) electrons. The van der Waals surface area contributed by atoms with Gasteiger partial charge in [0.15, 0.2) is 9.84 Å². The minimum atomic E-state index is -3.14. The van der Waals surface area contributed by atoms with Crippen LogP contribution in [0.2, 0.25) is 0 Å². The quantitative estimate of drug-likeness (QED) is 0.901. The summed E-state index contributed by atoms with van der Waals surface area (Å²) in [5.74, 6) is -0.312. The predicted octanol–water partition coefficient (Wildman–Crippen LogP) is 1.05. The molecule has 0 saturated carbocycles. The molecule has 0 spiro atoms. The molecule has 1 aliphatic heterocycles. The predicted molar refractivity (Wildman–Crippen MR) is 70.4 cm³/mol. The number of hydrogen-bond donors (Lipinski definition) is 1. The van der Waals surface area contributed by atoms with Gasteiger partial charge in [0.25, 0.3) is 5.91 Å². The second-order valence-electron chi connectivity index (χ2n) is 4.11. The van der Waals surface area contributed by atoms with Crippen LogP contribution in [0.1, 0.15) is 27.3 Å². The van der Waals surface area contributed by atoms with Gasteiger partial charge in [0.05, 0.1) is 22.5 Å². The Hall–Kier alpha value is -1.21. The van der Waals surface area contributed by atoms with Crippen molar-refractivity contribution in [3.8, 4) is 0 Å². The Labute approximate surface area is 110 Å². The van der Waals surface area contributed by atoms with Crippen LogP contribution in [0, 0.1) is 6.92 Å². The lowest BCUT2D eigenvalue weighted by Gasteiger charge is -2.08. The van der Waals surface area contributed by atoms with E-state index >= 15 is 0 Å². The Morgan fingerprint density at radius 2 is 2.33 bits per heavy atom. The smallest absolute Gasteiger partial charge is 0.263 e. The Morgan fingerprint density at radius 1 is 1.61 bits per heavy atom. The first kappa shape index (κ1) is 13.2. The third kappa shape index (κ3) is 2.78. The standard InChI is InChI=1S/C11H14N2O3S2/c1-3-9-12-7(2)10(17-9)11(14)13-8-4-5-18(15,16)6-8/h4-5,8H,3,6H2,1-2H3,(H,13,14)/t8-/m0/s1. The molecule has 1 N–H and O–H groups in total. The fourth-order valence-electron chi connectivity index (χ4n) is 1.71. The van der Waals surface area contributed by atoms with Crippen LogP contribution in [0.5, 0.6) is 0 Å². The molecule has 18 heavy (non-hydrogen) atoms. The molecular formula is C11H14N2O3S2. The maximum atomic E-state index is 12.0. The van der Waals surface area contributed by atoms with E-state index < -0.39 is 15.9 Å². The van der Waals surface area contributed by atoms with Crippen LogP contribution in [-0.4, -0.2) is 31.1 Å². The van der Waals surface area contributed by atoms with Gasteiger partial charge in [-0.1, -0.05) is 6.92 Å². The van der Waals surface area contributed by atoms with Gasteiger partial charge >= 0.3 is 0 Å². The summed E-state index contributed by atoms with van der Waals surface area (Å²) in [5.41, 5.74) is 0.694. The van der Waals surface area contributed by atoms with Crippen LogP contribution in [0.15, 0.2) is 11.5 Å². The van der Waals surface area contributed by atoms with Crippen molar-refractivity contribution in [2.24, 2.45) is 0 Å². The fraction of sp³-hybridized carbons (Fsp3) is 0.455. The first-order valence-electron chi connectivity index (χ1n) is 5.59. The van der Waals surface area contributed by atoms with Gasteiger partial charge in [-0.2, -0.15) is 0 Å². The number of sulfone groups is 1. The van der Waals surface area contributed by atoms with E-state index in [-0.39, 0.29) is 11.7 Å². The number of amides is 1. The number of carbonyl (C=O) groups is 1. The van der Waals surface area contributed by atoms with Crippen molar-refractivity contribution in [1.29, 1.82) is 0 Å². The Bertz CT molecular complexity index is 602. The molecule has 1 aromatic rings. The third-order valence-corrected chi connectivity index (χ3v) is 5.29. The zero-order valence-corrected chi connectivity index (χ0v) is 11.8.